The third kappa shape index (κ3) is 3.28. The van der Waals surface area contributed by atoms with E-state index in [2.05, 4.69) is 0 Å². The molecule has 22 heavy (non-hydrogen) atoms. The van der Waals surface area contributed by atoms with Crippen molar-refractivity contribution in [2.75, 3.05) is 19.3 Å². The molecular weight excluding hydrogens is 286 g/mol. The molecule has 0 saturated carbocycles. The van der Waals surface area contributed by atoms with Crippen LogP contribution in [-0.4, -0.2) is 37.1 Å². The molecule has 0 aliphatic carbocycles. The van der Waals surface area contributed by atoms with Crippen molar-refractivity contribution >= 4 is 17.4 Å². The number of carbonyl (C=O) groups excluding carboxylic acids is 2. The number of aliphatic hydroxyl groups is 1. The molecule has 0 radical (unpaired) electrons. The molecule has 1 atom stereocenters. The van der Waals surface area contributed by atoms with Crippen LogP contribution in [0.15, 0.2) is 6.07 Å². The van der Waals surface area contributed by atoms with Crippen molar-refractivity contribution in [3.05, 3.63) is 28.3 Å². The molecular formula is C16H23NO5. The summed E-state index contributed by atoms with van der Waals surface area (Å²) in [6.07, 6.45) is 0. The number of ketones is 1. The van der Waals surface area contributed by atoms with Crippen LogP contribution in [0.4, 0.5) is 5.69 Å². The Morgan fingerprint density at radius 2 is 1.91 bits per heavy atom. The minimum atomic E-state index is -0.665. The number of aryl methyl sites for hydroxylation is 1. The van der Waals surface area contributed by atoms with Crippen LogP contribution in [0.3, 0.4) is 0 Å². The van der Waals surface area contributed by atoms with E-state index < -0.39 is 12.0 Å². The average Bonchev–Trinajstić information content (AvgIpc) is 2.49. The van der Waals surface area contributed by atoms with E-state index in [0.29, 0.717) is 22.4 Å². The fourth-order valence-electron chi connectivity index (χ4n) is 2.58. The van der Waals surface area contributed by atoms with Gasteiger partial charge in [0.2, 0.25) is 0 Å². The first-order valence-corrected chi connectivity index (χ1v) is 6.96. The van der Waals surface area contributed by atoms with Crippen LogP contribution in [0, 0.1) is 13.8 Å². The molecule has 1 rings (SSSR count). The Kier molecular flexibility index (Phi) is 6.08. The lowest BCUT2D eigenvalue weighted by Crippen LogP contribution is -2.40. The van der Waals surface area contributed by atoms with Gasteiger partial charge in [0.25, 0.3) is 0 Å². The molecule has 0 amide bonds. The summed E-state index contributed by atoms with van der Waals surface area (Å²) in [4.78, 5) is 28.9. The quantitative estimate of drug-likeness (QED) is 0.491. The first-order chi connectivity index (χ1) is 10.3. The van der Waals surface area contributed by atoms with E-state index in [1.807, 2.05) is 6.92 Å². The van der Waals surface area contributed by atoms with Gasteiger partial charge in [-0.1, -0.05) is 0 Å². The predicted octanol–water partition coefficient (Wildman–Crippen LogP) is 1.93. The number of carbonyl (C=O) groups is 2. The standard InChI is InChI=1S/C16H23NO5/c1-9-7-13(12(4)19)14(8-18)10(2)15(9)17(22-6)11(3)16(20)21-5/h7,11,18H,8H2,1-6H3. The van der Waals surface area contributed by atoms with Crippen LogP contribution < -0.4 is 5.06 Å². The summed E-state index contributed by atoms with van der Waals surface area (Å²) in [7, 11) is 2.76. The first kappa shape index (κ1) is 18.1. The van der Waals surface area contributed by atoms with Crippen LogP contribution in [0.5, 0.6) is 0 Å². The molecule has 0 saturated heterocycles. The number of esters is 1. The minimum Gasteiger partial charge on any atom is -0.467 e. The highest BCUT2D eigenvalue weighted by Gasteiger charge is 2.27. The zero-order valence-corrected chi connectivity index (χ0v) is 13.9. The molecule has 122 valence electrons. The van der Waals surface area contributed by atoms with E-state index in [9.17, 15) is 14.7 Å². The molecule has 1 aromatic rings. The first-order valence-electron chi connectivity index (χ1n) is 6.96. The van der Waals surface area contributed by atoms with Crippen molar-refractivity contribution in [3.63, 3.8) is 0 Å². The summed E-state index contributed by atoms with van der Waals surface area (Å²) in [5.41, 5.74) is 3.13. The molecule has 0 aliphatic rings. The number of ether oxygens (including phenoxy) is 1. The molecule has 1 N–H and O–H groups in total. The van der Waals surface area contributed by atoms with Gasteiger partial charge in [-0.2, -0.15) is 0 Å². The van der Waals surface area contributed by atoms with Crippen molar-refractivity contribution in [1.82, 2.24) is 0 Å². The van der Waals surface area contributed by atoms with Crippen molar-refractivity contribution in [3.8, 4) is 0 Å². The molecule has 0 heterocycles. The number of methoxy groups -OCH3 is 1. The number of hydrogen-bond donors (Lipinski definition) is 1. The SMILES string of the molecule is COC(=O)C(C)N(OC)c1c(C)cc(C(C)=O)c(CO)c1C. The second-order valence-electron chi connectivity index (χ2n) is 5.11. The largest absolute Gasteiger partial charge is 0.467 e. The van der Waals surface area contributed by atoms with Crippen molar-refractivity contribution in [2.24, 2.45) is 0 Å². The molecule has 0 aliphatic heterocycles. The second-order valence-corrected chi connectivity index (χ2v) is 5.11. The lowest BCUT2D eigenvalue weighted by molar-refractivity contribution is -0.143. The van der Waals surface area contributed by atoms with Gasteiger partial charge in [0.1, 0.15) is 0 Å². The van der Waals surface area contributed by atoms with Crippen molar-refractivity contribution < 1.29 is 24.3 Å². The molecule has 0 fully saturated rings. The lowest BCUT2D eigenvalue weighted by atomic mass is 9.94. The molecule has 6 nitrogen and oxygen atoms in total. The molecule has 1 aromatic carbocycles. The van der Waals surface area contributed by atoms with Gasteiger partial charge in [-0.3, -0.25) is 9.63 Å². The van der Waals surface area contributed by atoms with Gasteiger partial charge in [0, 0.05) is 5.56 Å². The molecule has 1 unspecified atom stereocenters. The Morgan fingerprint density at radius 3 is 2.32 bits per heavy atom. The monoisotopic (exact) mass is 309 g/mol. The van der Waals surface area contributed by atoms with Gasteiger partial charge in [-0.05, 0) is 50.5 Å². The maximum absolute atomic E-state index is 11.8. The third-order valence-electron chi connectivity index (χ3n) is 3.72. The summed E-state index contributed by atoms with van der Waals surface area (Å²) in [5.74, 6) is -0.561. The maximum atomic E-state index is 11.8. The van der Waals surface area contributed by atoms with Gasteiger partial charge in [0.15, 0.2) is 11.8 Å². The minimum absolute atomic E-state index is 0.119. The van der Waals surface area contributed by atoms with Crippen LogP contribution >= 0.6 is 0 Å². The molecule has 0 aromatic heterocycles. The number of nitrogens with zero attached hydrogens (tertiary/aromatic N) is 1. The van der Waals surface area contributed by atoms with Gasteiger partial charge >= 0.3 is 5.97 Å². The summed E-state index contributed by atoms with van der Waals surface area (Å²) in [6.45, 7) is 6.46. The summed E-state index contributed by atoms with van der Waals surface area (Å²) >= 11 is 0. The summed E-state index contributed by atoms with van der Waals surface area (Å²) < 4.78 is 4.75. The Balaban J connectivity index is 3.52. The van der Waals surface area contributed by atoms with Crippen molar-refractivity contribution in [2.45, 2.75) is 40.3 Å². The number of benzene rings is 1. The van der Waals surface area contributed by atoms with E-state index >= 15 is 0 Å². The number of anilines is 1. The number of aliphatic hydroxyl groups excluding tert-OH is 1. The Labute approximate surface area is 130 Å². The summed E-state index contributed by atoms with van der Waals surface area (Å²) in [6, 6.07) is 1.04. The van der Waals surface area contributed by atoms with Crippen LogP contribution in [-0.2, 0) is 21.0 Å². The Hall–Kier alpha value is -1.92. The Morgan fingerprint density at radius 1 is 1.32 bits per heavy atom. The van der Waals surface area contributed by atoms with Crippen LogP contribution in [0.2, 0.25) is 0 Å². The zero-order chi connectivity index (χ0) is 17.0. The third-order valence-corrected chi connectivity index (χ3v) is 3.72. The van der Waals surface area contributed by atoms with Crippen LogP contribution in [0.1, 0.15) is 40.9 Å². The normalized spacial score (nSPS) is 12.0. The number of rotatable bonds is 6. The zero-order valence-electron chi connectivity index (χ0n) is 13.9. The van der Waals surface area contributed by atoms with E-state index in [1.54, 1.807) is 19.9 Å². The lowest BCUT2D eigenvalue weighted by Gasteiger charge is -2.30. The molecule has 6 heteroatoms. The highest BCUT2D eigenvalue weighted by Crippen LogP contribution is 2.32. The van der Waals surface area contributed by atoms with E-state index in [1.165, 1.54) is 26.2 Å². The van der Waals surface area contributed by atoms with Gasteiger partial charge in [-0.15, -0.1) is 0 Å². The molecule has 0 bridgehead atoms. The Bertz CT molecular complexity index is 582. The van der Waals surface area contributed by atoms with Gasteiger partial charge in [-0.25, -0.2) is 9.86 Å². The van der Waals surface area contributed by atoms with Gasteiger partial charge in [0.05, 0.1) is 26.5 Å². The highest BCUT2D eigenvalue weighted by atomic mass is 16.7. The predicted molar refractivity (Wildman–Crippen MR) is 82.8 cm³/mol. The number of Topliss-reactive ketones (excluding diaryl/α,β-unsaturated/α-hetero) is 1. The number of hydrogen-bond acceptors (Lipinski definition) is 6. The van der Waals surface area contributed by atoms with Gasteiger partial charge < -0.3 is 9.84 Å². The average molecular weight is 309 g/mol. The van der Waals surface area contributed by atoms with Crippen LogP contribution in [0.25, 0.3) is 0 Å². The van der Waals surface area contributed by atoms with Crippen molar-refractivity contribution in [1.29, 1.82) is 0 Å². The smallest absolute Gasteiger partial charge is 0.330 e. The highest BCUT2D eigenvalue weighted by molar-refractivity contribution is 5.97. The van der Waals surface area contributed by atoms with E-state index in [4.69, 9.17) is 9.57 Å². The van der Waals surface area contributed by atoms with E-state index in [0.717, 1.165) is 5.56 Å². The maximum Gasteiger partial charge on any atom is 0.330 e. The fourth-order valence-corrected chi connectivity index (χ4v) is 2.58. The number of hydroxylamine groups is 1. The summed E-state index contributed by atoms with van der Waals surface area (Å²) in [5, 5.41) is 11.0. The molecule has 0 spiro atoms. The van der Waals surface area contributed by atoms with E-state index in [-0.39, 0.29) is 12.4 Å². The second kappa shape index (κ2) is 7.38. The fraction of sp³-hybridized carbons (Fsp3) is 0.500. The topological polar surface area (TPSA) is 76.1 Å².